The molecule has 0 aromatic rings. The zero-order chi connectivity index (χ0) is 16.1. The van der Waals surface area contributed by atoms with Gasteiger partial charge in [0.15, 0.2) is 9.84 Å². The van der Waals surface area contributed by atoms with E-state index in [0.717, 1.165) is 19.3 Å². The molecule has 1 saturated carbocycles. The number of hydrogen-bond donors (Lipinski definition) is 0. The van der Waals surface area contributed by atoms with Crippen LogP contribution in [0, 0.1) is 22.2 Å². The molecule has 1 aliphatic carbocycles. The maximum atomic E-state index is 12.1. The maximum absolute atomic E-state index is 12.1. The molecule has 0 unspecified atom stereocenters. The topological polar surface area (TPSA) is 84.2 Å². The average molecular weight is 315 g/mol. The molecule has 6 heteroatoms. The average Bonchev–Trinajstić information content (AvgIpc) is 3.13. The van der Waals surface area contributed by atoms with Crippen LogP contribution in [0.1, 0.15) is 52.4 Å². The summed E-state index contributed by atoms with van der Waals surface area (Å²) in [5.74, 6) is -0.118. The van der Waals surface area contributed by atoms with Crippen molar-refractivity contribution in [2.24, 2.45) is 10.8 Å². The van der Waals surface area contributed by atoms with Gasteiger partial charge in [0.1, 0.15) is 0 Å². The highest BCUT2D eigenvalue weighted by Crippen LogP contribution is 2.50. The van der Waals surface area contributed by atoms with Crippen LogP contribution >= 0.6 is 0 Å². The molecule has 0 aliphatic heterocycles. The summed E-state index contributed by atoms with van der Waals surface area (Å²) >= 11 is 0. The minimum Gasteiger partial charge on any atom is -0.469 e. The third-order valence-corrected chi connectivity index (χ3v) is 6.00. The van der Waals surface area contributed by atoms with Crippen molar-refractivity contribution in [2.45, 2.75) is 52.4 Å². The molecule has 21 heavy (non-hydrogen) atoms. The Morgan fingerprint density at radius 3 is 2.43 bits per heavy atom. The molecule has 0 radical (unpaired) electrons. The number of esters is 1. The van der Waals surface area contributed by atoms with Gasteiger partial charge in [0.25, 0.3) is 0 Å². The van der Waals surface area contributed by atoms with E-state index in [1.165, 1.54) is 7.11 Å². The summed E-state index contributed by atoms with van der Waals surface area (Å²) < 4.78 is 28.9. The van der Waals surface area contributed by atoms with Crippen LogP contribution in [-0.4, -0.2) is 33.0 Å². The first-order valence-corrected chi connectivity index (χ1v) is 9.14. The maximum Gasteiger partial charge on any atom is 0.306 e. The third-order valence-electron chi connectivity index (χ3n) is 4.04. The Kier molecular flexibility index (Phi) is 5.80. The summed E-state index contributed by atoms with van der Waals surface area (Å²) in [6, 6.07) is 2.21. The van der Waals surface area contributed by atoms with Gasteiger partial charge in [-0.25, -0.2) is 8.42 Å². The van der Waals surface area contributed by atoms with Crippen LogP contribution in [0.5, 0.6) is 0 Å². The highest BCUT2D eigenvalue weighted by molar-refractivity contribution is 7.91. The molecule has 5 nitrogen and oxygen atoms in total. The van der Waals surface area contributed by atoms with Gasteiger partial charge in [0.05, 0.1) is 36.5 Å². The Hall–Kier alpha value is -1.09. The number of hydrogen-bond acceptors (Lipinski definition) is 5. The lowest BCUT2D eigenvalue weighted by atomic mass is 9.89. The molecular formula is C15H25NO4S. The van der Waals surface area contributed by atoms with Crippen LogP contribution in [0.4, 0.5) is 0 Å². The number of carbonyl (C=O) groups is 1. The molecule has 1 aliphatic rings. The van der Waals surface area contributed by atoms with Crippen LogP contribution in [0.3, 0.4) is 0 Å². The summed E-state index contributed by atoms with van der Waals surface area (Å²) in [6.45, 7) is 3.72. The first-order chi connectivity index (χ1) is 9.64. The van der Waals surface area contributed by atoms with Crippen molar-refractivity contribution in [1.82, 2.24) is 0 Å². The Morgan fingerprint density at radius 1 is 1.33 bits per heavy atom. The second-order valence-electron chi connectivity index (χ2n) is 6.80. The first-order valence-electron chi connectivity index (χ1n) is 7.32. The van der Waals surface area contributed by atoms with Crippen molar-refractivity contribution in [3.8, 4) is 6.07 Å². The molecule has 0 saturated heterocycles. The fourth-order valence-electron chi connectivity index (χ4n) is 2.41. The van der Waals surface area contributed by atoms with E-state index < -0.39 is 15.3 Å². The fraction of sp³-hybridized carbons (Fsp3) is 0.867. The molecule has 120 valence electrons. The summed E-state index contributed by atoms with van der Waals surface area (Å²) in [5.41, 5.74) is -0.774. The van der Waals surface area contributed by atoms with Crippen LogP contribution < -0.4 is 0 Å². The van der Waals surface area contributed by atoms with E-state index in [-0.39, 0.29) is 29.3 Å². The van der Waals surface area contributed by atoms with E-state index in [1.54, 1.807) is 0 Å². The minimum absolute atomic E-state index is 0.0801. The summed E-state index contributed by atoms with van der Waals surface area (Å²) in [4.78, 5) is 11.3. The van der Waals surface area contributed by atoms with Crippen molar-refractivity contribution in [3.63, 3.8) is 0 Å². The Morgan fingerprint density at radius 2 is 1.95 bits per heavy atom. The number of nitriles is 1. The van der Waals surface area contributed by atoms with E-state index in [0.29, 0.717) is 12.8 Å². The highest BCUT2D eigenvalue weighted by Gasteiger charge is 2.47. The molecule has 0 N–H and O–H groups in total. The second kappa shape index (κ2) is 6.78. The molecule has 0 atom stereocenters. The standard InChI is InChI=1S/C15H25NO4S/c1-14(2,11-16)6-4-5-9-21(18,19)12-15(7-8-15)10-13(17)20-3/h4-10,12H2,1-3H3. The largest absolute Gasteiger partial charge is 0.469 e. The van der Waals surface area contributed by atoms with Gasteiger partial charge in [0.2, 0.25) is 0 Å². The van der Waals surface area contributed by atoms with Crippen LogP contribution in [-0.2, 0) is 19.4 Å². The third kappa shape index (κ3) is 6.47. The lowest BCUT2D eigenvalue weighted by Gasteiger charge is -2.16. The zero-order valence-electron chi connectivity index (χ0n) is 13.1. The van der Waals surface area contributed by atoms with E-state index in [4.69, 9.17) is 5.26 Å². The number of unbranched alkanes of at least 4 members (excludes halogenated alkanes) is 1. The summed E-state index contributed by atoms with van der Waals surface area (Å²) in [6.07, 6.45) is 3.76. The van der Waals surface area contributed by atoms with Gasteiger partial charge in [-0.2, -0.15) is 5.26 Å². The van der Waals surface area contributed by atoms with E-state index >= 15 is 0 Å². The summed E-state index contributed by atoms with van der Waals surface area (Å²) in [5, 5.41) is 8.91. The van der Waals surface area contributed by atoms with E-state index in [9.17, 15) is 13.2 Å². The Balaban J connectivity index is 2.38. The number of methoxy groups -OCH3 is 1. The van der Waals surface area contributed by atoms with Crippen LogP contribution in [0.25, 0.3) is 0 Å². The van der Waals surface area contributed by atoms with Crippen molar-refractivity contribution < 1.29 is 17.9 Å². The minimum atomic E-state index is -3.15. The van der Waals surface area contributed by atoms with Gasteiger partial charge in [-0.15, -0.1) is 0 Å². The second-order valence-corrected chi connectivity index (χ2v) is 8.98. The molecule has 0 amide bonds. The molecule has 0 spiro atoms. The lowest BCUT2D eigenvalue weighted by Crippen LogP contribution is -2.23. The van der Waals surface area contributed by atoms with Gasteiger partial charge in [-0.3, -0.25) is 4.79 Å². The van der Waals surface area contributed by atoms with Gasteiger partial charge >= 0.3 is 5.97 Å². The monoisotopic (exact) mass is 315 g/mol. The summed E-state index contributed by atoms with van der Waals surface area (Å²) in [7, 11) is -1.82. The van der Waals surface area contributed by atoms with Gasteiger partial charge < -0.3 is 4.74 Å². The fourth-order valence-corrected chi connectivity index (χ4v) is 4.52. The van der Waals surface area contributed by atoms with Gasteiger partial charge in [-0.05, 0) is 44.9 Å². The van der Waals surface area contributed by atoms with Gasteiger partial charge in [-0.1, -0.05) is 6.42 Å². The van der Waals surface area contributed by atoms with Gasteiger partial charge in [0, 0.05) is 0 Å². The number of ether oxygens (including phenoxy) is 1. The van der Waals surface area contributed by atoms with Crippen LogP contribution in [0.2, 0.25) is 0 Å². The molecule has 1 fully saturated rings. The molecule has 0 bridgehead atoms. The van der Waals surface area contributed by atoms with E-state index in [2.05, 4.69) is 10.8 Å². The molecule has 0 aromatic carbocycles. The predicted molar refractivity (Wildman–Crippen MR) is 80.2 cm³/mol. The Bertz CT molecular complexity index is 512. The Labute approximate surface area is 127 Å². The number of nitrogens with zero attached hydrogens (tertiary/aromatic N) is 1. The van der Waals surface area contributed by atoms with Crippen molar-refractivity contribution in [1.29, 1.82) is 5.26 Å². The lowest BCUT2D eigenvalue weighted by molar-refractivity contribution is -0.141. The number of sulfone groups is 1. The highest BCUT2D eigenvalue weighted by atomic mass is 32.2. The van der Waals surface area contributed by atoms with E-state index in [1.807, 2.05) is 13.8 Å². The number of rotatable bonds is 9. The zero-order valence-corrected chi connectivity index (χ0v) is 14.0. The van der Waals surface area contributed by atoms with Crippen molar-refractivity contribution in [2.75, 3.05) is 18.6 Å². The van der Waals surface area contributed by atoms with Crippen molar-refractivity contribution in [3.05, 3.63) is 0 Å². The smallest absolute Gasteiger partial charge is 0.306 e. The molecule has 0 aromatic heterocycles. The SMILES string of the molecule is COC(=O)CC1(CS(=O)(=O)CCCCC(C)(C)C#N)CC1. The quantitative estimate of drug-likeness (QED) is 0.482. The first kappa shape index (κ1) is 18.0. The molecule has 0 heterocycles. The van der Waals surface area contributed by atoms with Crippen LogP contribution in [0.15, 0.2) is 0 Å². The number of carbonyl (C=O) groups excluding carboxylic acids is 1. The molecular weight excluding hydrogens is 290 g/mol. The van der Waals surface area contributed by atoms with Crippen molar-refractivity contribution >= 4 is 15.8 Å². The normalized spacial score (nSPS) is 17.0. The molecule has 1 rings (SSSR count). The predicted octanol–water partition coefficient (Wildman–Crippen LogP) is 2.46.